The SMILES string of the molecule is COc1cccc(/C=C2\SC(=O)N(CC(=O)Nc3ccc(F)cc3)C2=O)c1O[C@@H](C)C(=O)O. The van der Waals surface area contributed by atoms with Crippen LogP contribution in [0.5, 0.6) is 11.5 Å². The highest BCUT2D eigenvalue weighted by atomic mass is 32.2. The molecule has 2 aromatic carbocycles. The molecule has 1 heterocycles. The second-order valence-corrected chi connectivity index (χ2v) is 7.79. The molecule has 2 N–H and O–H groups in total. The zero-order chi connectivity index (χ0) is 24.1. The number of carboxylic acid groups (broad SMARTS) is 1. The van der Waals surface area contributed by atoms with Crippen LogP contribution in [0.25, 0.3) is 6.08 Å². The number of amides is 3. The Morgan fingerprint density at radius 2 is 1.91 bits per heavy atom. The summed E-state index contributed by atoms with van der Waals surface area (Å²) in [5.41, 5.74) is 0.637. The van der Waals surface area contributed by atoms with Gasteiger partial charge in [0.2, 0.25) is 5.91 Å². The fourth-order valence-electron chi connectivity index (χ4n) is 2.82. The van der Waals surface area contributed by atoms with Crippen molar-refractivity contribution >= 4 is 46.5 Å². The number of para-hydroxylation sites is 1. The number of benzene rings is 2. The predicted molar refractivity (Wildman–Crippen MR) is 118 cm³/mol. The van der Waals surface area contributed by atoms with Crippen molar-refractivity contribution in [3.63, 3.8) is 0 Å². The number of rotatable bonds is 8. The summed E-state index contributed by atoms with van der Waals surface area (Å²) in [6.45, 7) is 0.809. The van der Waals surface area contributed by atoms with Gasteiger partial charge in [-0.2, -0.15) is 0 Å². The molecule has 0 unspecified atom stereocenters. The van der Waals surface area contributed by atoms with E-state index in [1.54, 1.807) is 18.2 Å². The second-order valence-electron chi connectivity index (χ2n) is 6.80. The molecule has 33 heavy (non-hydrogen) atoms. The van der Waals surface area contributed by atoms with Crippen LogP contribution in [0.4, 0.5) is 14.9 Å². The summed E-state index contributed by atoms with van der Waals surface area (Å²) in [5, 5.41) is 11.0. The van der Waals surface area contributed by atoms with E-state index >= 15 is 0 Å². The van der Waals surface area contributed by atoms with Crippen molar-refractivity contribution in [2.75, 3.05) is 19.0 Å². The van der Waals surface area contributed by atoms with E-state index < -0.39 is 41.5 Å². The van der Waals surface area contributed by atoms with Gasteiger partial charge in [-0.1, -0.05) is 12.1 Å². The third-order valence-electron chi connectivity index (χ3n) is 4.46. The Morgan fingerprint density at radius 3 is 2.55 bits per heavy atom. The molecule has 0 saturated carbocycles. The molecule has 9 nitrogen and oxygen atoms in total. The average molecular weight is 474 g/mol. The van der Waals surface area contributed by atoms with Gasteiger partial charge in [0.25, 0.3) is 11.1 Å². The van der Waals surface area contributed by atoms with Gasteiger partial charge >= 0.3 is 5.97 Å². The van der Waals surface area contributed by atoms with Crippen LogP contribution >= 0.6 is 11.8 Å². The van der Waals surface area contributed by atoms with Crippen molar-refractivity contribution in [1.82, 2.24) is 4.90 Å². The fourth-order valence-corrected chi connectivity index (χ4v) is 3.64. The summed E-state index contributed by atoms with van der Waals surface area (Å²) in [6.07, 6.45) is 0.175. The maximum absolute atomic E-state index is 13.0. The molecule has 0 aliphatic carbocycles. The van der Waals surface area contributed by atoms with Crippen LogP contribution < -0.4 is 14.8 Å². The number of ether oxygens (including phenoxy) is 2. The molecular formula is C22H19FN2O7S. The normalized spacial score (nSPS) is 15.5. The van der Waals surface area contributed by atoms with Crippen molar-refractivity contribution in [2.24, 2.45) is 0 Å². The van der Waals surface area contributed by atoms with Gasteiger partial charge in [-0.25, -0.2) is 9.18 Å². The molecule has 172 valence electrons. The Kier molecular flexibility index (Phi) is 7.34. The van der Waals surface area contributed by atoms with Crippen molar-refractivity contribution in [2.45, 2.75) is 13.0 Å². The highest BCUT2D eigenvalue weighted by Crippen LogP contribution is 2.37. The van der Waals surface area contributed by atoms with Crippen molar-refractivity contribution in [1.29, 1.82) is 0 Å². The van der Waals surface area contributed by atoms with Gasteiger partial charge in [0, 0.05) is 11.3 Å². The number of hydrogen-bond donors (Lipinski definition) is 2. The van der Waals surface area contributed by atoms with Crippen LogP contribution in [0.15, 0.2) is 47.4 Å². The van der Waals surface area contributed by atoms with Crippen LogP contribution in [-0.2, 0) is 14.4 Å². The zero-order valence-electron chi connectivity index (χ0n) is 17.5. The Morgan fingerprint density at radius 1 is 1.21 bits per heavy atom. The van der Waals surface area contributed by atoms with Crippen LogP contribution in [0.3, 0.4) is 0 Å². The summed E-state index contributed by atoms with van der Waals surface area (Å²) in [7, 11) is 1.38. The predicted octanol–water partition coefficient (Wildman–Crippen LogP) is 3.36. The van der Waals surface area contributed by atoms with Gasteiger partial charge in [-0.05, 0) is 55.1 Å². The van der Waals surface area contributed by atoms with Crippen LogP contribution in [0.2, 0.25) is 0 Å². The molecule has 11 heteroatoms. The fraction of sp³-hybridized carbons (Fsp3) is 0.182. The lowest BCUT2D eigenvalue weighted by Crippen LogP contribution is -2.36. The number of carboxylic acids is 1. The topological polar surface area (TPSA) is 122 Å². The van der Waals surface area contributed by atoms with Crippen LogP contribution in [0.1, 0.15) is 12.5 Å². The first-order valence-corrected chi connectivity index (χ1v) is 10.4. The molecule has 1 saturated heterocycles. The minimum atomic E-state index is -1.20. The number of nitrogens with one attached hydrogen (secondary N) is 1. The molecule has 3 rings (SSSR count). The highest BCUT2D eigenvalue weighted by Gasteiger charge is 2.36. The monoisotopic (exact) mass is 474 g/mol. The van der Waals surface area contributed by atoms with E-state index in [4.69, 9.17) is 14.6 Å². The van der Waals surface area contributed by atoms with Gasteiger partial charge in [-0.15, -0.1) is 0 Å². The number of anilines is 1. The van der Waals surface area contributed by atoms with Crippen LogP contribution in [-0.4, -0.2) is 52.8 Å². The van der Waals surface area contributed by atoms with Gasteiger partial charge in [0.1, 0.15) is 12.4 Å². The zero-order valence-corrected chi connectivity index (χ0v) is 18.3. The number of halogens is 1. The third-order valence-corrected chi connectivity index (χ3v) is 5.37. The van der Waals surface area contributed by atoms with E-state index in [2.05, 4.69) is 5.32 Å². The minimum absolute atomic E-state index is 0.0238. The molecular weight excluding hydrogens is 455 g/mol. The number of thioether (sulfide) groups is 1. The standard InChI is InChI=1S/C22H19FN2O7S/c1-12(21(28)29)32-19-13(4-3-5-16(19)31-2)10-17-20(27)25(22(30)33-17)11-18(26)24-15-8-6-14(23)7-9-15/h3-10,12H,11H2,1-2H3,(H,24,26)(H,28,29)/b17-10-/t12-/m0/s1. The van der Waals surface area contributed by atoms with Crippen molar-refractivity contribution in [3.05, 3.63) is 58.8 Å². The van der Waals surface area contributed by atoms with Crippen molar-refractivity contribution < 1.29 is 38.1 Å². The van der Waals surface area contributed by atoms with E-state index in [0.29, 0.717) is 23.0 Å². The highest BCUT2D eigenvalue weighted by molar-refractivity contribution is 8.18. The molecule has 3 amide bonds. The van der Waals surface area contributed by atoms with Crippen LogP contribution in [0, 0.1) is 5.82 Å². The lowest BCUT2D eigenvalue weighted by atomic mass is 10.1. The van der Waals surface area contributed by atoms with Gasteiger partial charge in [0.15, 0.2) is 17.6 Å². The first kappa shape index (κ1) is 23.8. The third kappa shape index (κ3) is 5.69. The number of carbonyl (C=O) groups excluding carboxylic acids is 3. The number of aliphatic carboxylic acids is 1. The molecule has 1 aliphatic heterocycles. The molecule has 2 aromatic rings. The average Bonchev–Trinajstić information content (AvgIpc) is 3.03. The number of nitrogens with zero attached hydrogens (tertiary/aromatic N) is 1. The summed E-state index contributed by atoms with van der Waals surface area (Å²) in [4.78, 5) is 49.4. The minimum Gasteiger partial charge on any atom is -0.493 e. The first-order valence-electron chi connectivity index (χ1n) is 9.57. The number of imide groups is 1. The second kappa shape index (κ2) is 10.2. The molecule has 0 radical (unpaired) electrons. The van der Waals surface area contributed by atoms with Gasteiger partial charge in [-0.3, -0.25) is 19.3 Å². The van der Waals surface area contributed by atoms with Gasteiger partial charge < -0.3 is 19.9 Å². The lowest BCUT2D eigenvalue weighted by molar-refractivity contribution is -0.144. The molecule has 1 aliphatic rings. The lowest BCUT2D eigenvalue weighted by Gasteiger charge is -2.16. The van der Waals surface area contributed by atoms with E-state index in [1.165, 1.54) is 32.2 Å². The maximum atomic E-state index is 13.0. The summed E-state index contributed by atoms with van der Waals surface area (Å²) < 4.78 is 23.7. The summed E-state index contributed by atoms with van der Waals surface area (Å²) >= 11 is 0.630. The van der Waals surface area contributed by atoms with E-state index in [1.807, 2.05) is 0 Å². The molecule has 0 bridgehead atoms. The first-order chi connectivity index (χ1) is 15.7. The van der Waals surface area contributed by atoms with Gasteiger partial charge in [0.05, 0.1) is 12.0 Å². The largest absolute Gasteiger partial charge is 0.493 e. The molecule has 1 atom stereocenters. The number of hydrogen-bond acceptors (Lipinski definition) is 7. The summed E-state index contributed by atoms with van der Waals surface area (Å²) in [6, 6.07) is 9.78. The Hall–Kier alpha value is -3.86. The Bertz CT molecular complexity index is 1130. The Balaban J connectivity index is 1.80. The van der Waals surface area contributed by atoms with Crippen molar-refractivity contribution in [3.8, 4) is 11.5 Å². The quantitative estimate of drug-likeness (QED) is 0.559. The molecule has 0 aromatic heterocycles. The smallest absolute Gasteiger partial charge is 0.344 e. The molecule has 1 fully saturated rings. The van der Waals surface area contributed by atoms with E-state index in [-0.39, 0.29) is 16.4 Å². The Labute approximate surface area is 192 Å². The number of carbonyl (C=O) groups is 4. The number of methoxy groups -OCH3 is 1. The maximum Gasteiger partial charge on any atom is 0.344 e. The van der Waals surface area contributed by atoms with E-state index in [0.717, 1.165) is 17.0 Å². The van der Waals surface area contributed by atoms with E-state index in [9.17, 15) is 23.6 Å². The molecule has 0 spiro atoms. The summed E-state index contributed by atoms with van der Waals surface area (Å²) in [5.74, 6) is -2.65.